The lowest BCUT2D eigenvalue weighted by Crippen LogP contribution is -2.00. The molecule has 21 heavy (non-hydrogen) atoms. The third kappa shape index (κ3) is 2.45. The normalized spacial score (nSPS) is 10.7. The molecule has 5 nitrogen and oxygen atoms in total. The average molecular weight is 282 g/mol. The SMILES string of the molecule is COc1cccc(Cn2cnc3c(C(=O)O)cccc32)c1. The maximum atomic E-state index is 11.2. The van der Waals surface area contributed by atoms with Crippen molar-refractivity contribution in [1.82, 2.24) is 9.55 Å². The van der Waals surface area contributed by atoms with Gasteiger partial charge in [0.15, 0.2) is 0 Å². The first-order chi connectivity index (χ1) is 10.2. The molecule has 0 aliphatic rings. The minimum atomic E-state index is -0.966. The van der Waals surface area contributed by atoms with E-state index < -0.39 is 5.97 Å². The number of ether oxygens (including phenoxy) is 1. The van der Waals surface area contributed by atoms with Gasteiger partial charge in [-0.3, -0.25) is 0 Å². The fourth-order valence-electron chi connectivity index (χ4n) is 2.35. The van der Waals surface area contributed by atoms with Gasteiger partial charge in [0.05, 0.1) is 24.5 Å². The standard InChI is InChI=1S/C16H14N2O3/c1-21-12-5-2-4-11(8-12)9-18-10-17-15-13(16(19)20)6-3-7-14(15)18/h2-8,10H,9H2,1H3,(H,19,20). The molecule has 0 saturated carbocycles. The smallest absolute Gasteiger partial charge is 0.337 e. The van der Waals surface area contributed by atoms with Crippen molar-refractivity contribution in [3.63, 3.8) is 0 Å². The second-order valence-corrected chi connectivity index (χ2v) is 4.70. The van der Waals surface area contributed by atoms with E-state index in [1.807, 2.05) is 34.9 Å². The second kappa shape index (κ2) is 5.28. The summed E-state index contributed by atoms with van der Waals surface area (Å²) in [5, 5.41) is 9.18. The number of hydrogen-bond donors (Lipinski definition) is 1. The van der Waals surface area contributed by atoms with Crippen LogP contribution in [-0.2, 0) is 6.54 Å². The molecule has 0 amide bonds. The monoisotopic (exact) mass is 282 g/mol. The molecule has 5 heteroatoms. The molecule has 106 valence electrons. The lowest BCUT2D eigenvalue weighted by Gasteiger charge is -2.07. The van der Waals surface area contributed by atoms with E-state index in [-0.39, 0.29) is 5.56 Å². The fraction of sp³-hybridized carbons (Fsp3) is 0.125. The minimum Gasteiger partial charge on any atom is -0.497 e. The zero-order chi connectivity index (χ0) is 14.8. The summed E-state index contributed by atoms with van der Waals surface area (Å²) in [6, 6.07) is 12.9. The van der Waals surface area contributed by atoms with Crippen LogP contribution >= 0.6 is 0 Å². The number of para-hydroxylation sites is 1. The Kier molecular flexibility index (Phi) is 3.31. The zero-order valence-electron chi connectivity index (χ0n) is 11.5. The van der Waals surface area contributed by atoms with Crippen LogP contribution in [0.4, 0.5) is 0 Å². The lowest BCUT2D eigenvalue weighted by molar-refractivity contribution is 0.0699. The third-order valence-electron chi connectivity index (χ3n) is 3.37. The van der Waals surface area contributed by atoms with Gasteiger partial charge in [-0.2, -0.15) is 0 Å². The van der Waals surface area contributed by atoms with Gasteiger partial charge >= 0.3 is 5.97 Å². The van der Waals surface area contributed by atoms with Crippen LogP contribution in [0.15, 0.2) is 48.8 Å². The maximum absolute atomic E-state index is 11.2. The van der Waals surface area contributed by atoms with Crippen molar-refractivity contribution in [2.75, 3.05) is 7.11 Å². The highest BCUT2D eigenvalue weighted by Crippen LogP contribution is 2.20. The first-order valence-electron chi connectivity index (χ1n) is 6.49. The minimum absolute atomic E-state index is 0.219. The molecule has 0 aliphatic heterocycles. The molecule has 2 aromatic carbocycles. The number of carboxylic acids is 1. The molecule has 1 N–H and O–H groups in total. The topological polar surface area (TPSA) is 64.4 Å². The van der Waals surface area contributed by atoms with Crippen molar-refractivity contribution in [1.29, 1.82) is 0 Å². The fourth-order valence-corrected chi connectivity index (χ4v) is 2.35. The van der Waals surface area contributed by atoms with Crippen molar-refractivity contribution >= 4 is 17.0 Å². The number of carboxylic acid groups (broad SMARTS) is 1. The second-order valence-electron chi connectivity index (χ2n) is 4.70. The van der Waals surface area contributed by atoms with Crippen LogP contribution in [0.1, 0.15) is 15.9 Å². The molecular formula is C16H14N2O3. The van der Waals surface area contributed by atoms with Crippen LogP contribution < -0.4 is 4.74 Å². The van der Waals surface area contributed by atoms with E-state index in [1.54, 1.807) is 25.6 Å². The summed E-state index contributed by atoms with van der Waals surface area (Å²) in [5.74, 6) is -0.171. The summed E-state index contributed by atoms with van der Waals surface area (Å²) in [6.45, 7) is 0.608. The van der Waals surface area contributed by atoms with Gasteiger partial charge in [-0.05, 0) is 29.8 Å². The number of methoxy groups -OCH3 is 1. The first kappa shape index (κ1) is 13.2. The van der Waals surface area contributed by atoms with Crippen LogP contribution in [0.5, 0.6) is 5.75 Å². The number of imidazole rings is 1. The Morgan fingerprint density at radius 1 is 1.29 bits per heavy atom. The number of aromatic carboxylic acids is 1. The molecule has 0 unspecified atom stereocenters. The van der Waals surface area contributed by atoms with E-state index in [4.69, 9.17) is 4.74 Å². The Bertz CT molecular complexity index is 808. The van der Waals surface area contributed by atoms with E-state index >= 15 is 0 Å². The Labute approximate surface area is 121 Å². The average Bonchev–Trinajstić information content (AvgIpc) is 2.90. The maximum Gasteiger partial charge on any atom is 0.337 e. The highest BCUT2D eigenvalue weighted by molar-refractivity contribution is 6.00. The number of fused-ring (bicyclic) bond motifs is 1. The van der Waals surface area contributed by atoms with Gasteiger partial charge in [0.1, 0.15) is 11.3 Å². The third-order valence-corrected chi connectivity index (χ3v) is 3.37. The Morgan fingerprint density at radius 2 is 2.10 bits per heavy atom. The molecule has 0 aliphatic carbocycles. The van der Waals surface area contributed by atoms with E-state index in [9.17, 15) is 9.90 Å². The van der Waals surface area contributed by atoms with E-state index in [2.05, 4.69) is 4.98 Å². The van der Waals surface area contributed by atoms with E-state index in [0.29, 0.717) is 12.1 Å². The van der Waals surface area contributed by atoms with Crippen molar-refractivity contribution in [2.24, 2.45) is 0 Å². The summed E-state index contributed by atoms with van der Waals surface area (Å²) in [4.78, 5) is 15.4. The van der Waals surface area contributed by atoms with Crippen molar-refractivity contribution in [3.05, 3.63) is 59.9 Å². The molecule has 0 fully saturated rings. The number of nitrogens with zero attached hydrogens (tertiary/aromatic N) is 2. The predicted molar refractivity (Wildman–Crippen MR) is 78.8 cm³/mol. The van der Waals surface area contributed by atoms with Crippen LogP contribution in [0.25, 0.3) is 11.0 Å². The van der Waals surface area contributed by atoms with E-state index in [0.717, 1.165) is 16.8 Å². The van der Waals surface area contributed by atoms with Crippen LogP contribution in [0.2, 0.25) is 0 Å². The molecule has 0 bridgehead atoms. The molecule has 3 rings (SSSR count). The highest BCUT2D eigenvalue weighted by Gasteiger charge is 2.12. The summed E-state index contributed by atoms with van der Waals surface area (Å²) < 4.78 is 7.14. The molecule has 0 radical (unpaired) electrons. The van der Waals surface area contributed by atoms with Gasteiger partial charge in [-0.25, -0.2) is 9.78 Å². The summed E-state index contributed by atoms with van der Waals surface area (Å²) in [7, 11) is 1.63. The number of aromatic nitrogens is 2. The Morgan fingerprint density at radius 3 is 2.86 bits per heavy atom. The Hall–Kier alpha value is -2.82. The van der Waals surface area contributed by atoms with Gasteiger partial charge in [0.25, 0.3) is 0 Å². The van der Waals surface area contributed by atoms with Gasteiger partial charge in [0.2, 0.25) is 0 Å². The number of rotatable bonds is 4. The summed E-state index contributed by atoms with van der Waals surface area (Å²) >= 11 is 0. The van der Waals surface area contributed by atoms with Gasteiger partial charge in [-0.1, -0.05) is 18.2 Å². The molecule has 1 heterocycles. The van der Waals surface area contributed by atoms with Crippen molar-refractivity contribution < 1.29 is 14.6 Å². The lowest BCUT2D eigenvalue weighted by atomic mass is 10.1. The van der Waals surface area contributed by atoms with Gasteiger partial charge < -0.3 is 14.4 Å². The highest BCUT2D eigenvalue weighted by atomic mass is 16.5. The number of carbonyl (C=O) groups is 1. The van der Waals surface area contributed by atoms with E-state index in [1.165, 1.54) is 0 Å². The van der Waals surface area contributed by atoms with Crippen LogP contribution in [0.3, 0.4) is 0 Å². The molecule has 0 saturated heterocycles. The quantitative estimate of drug-likeness (QED) is 0.799. The number of hydrogen-bond acceptors (Lipinski definition) is 3. The summed E-state index contributed by atoms with van der Waals surface area (Å²) in [5.41, 5.74) is 2.59. The summed E-state index contributed by atoms with van der Waals surface area (Å²) in [6.07, 6.45) is 1.66. The van der Waals surface area contributed by atoms with Crippen LogP contribution in [-0.4, -0.2) is 27.7 Å². The molecule has 0 spiro atoms. The molecule has 3 aromatic rings. The Balaban J connectivity index is 2.01. The molecule has 1 aromatic heterocycles. The van der Waals surface area contributed by atoms with Crippen molar-refractivity contribution in [3.8, 4) is 5.75 Å². The van der Waals surface area contributed by atoms with Gasteiger partial charge in [-0.15, -0.1) is 0 Å². The molecule has 0 atom stereocenters. The predicted octanol–water partition coefficient (Wildman–Crippen LogP) is 2.79. The van der Waals surface area contributed by atoms with Crippen molar-refractivity contribution in [2.45, 2.75) is 6.54 Å². The largest absolute Gasteiger partial charge is 0.497 e. The van der Waals surface area contributed by atoms with Gasteiger partial charge in [0, 0.05) is 6.54 Å². The number of benzene rings is 2. The zero-order valence-corrected chi connectivity index (χ0v) is 11.5. The van der Waals surface area contributed by atoms with Crippen LogP contribution in [0, 0.1) is 0 Å². The molecular weight excluding hydrogens is 268 g/mol. The first-order valence-corrected chi connectivity index (χ1v) is 6.49.